The predicted molar refractivity (Wildman–Crippen MR) is 109 cm³/mol. The normalized spacial score (nSPS) is 15.6. The molecule has 2 aromatic carbocycles. The number of hydrogen-bond acceptors (Lipinski definition) is 6. The molecule has 1 aromatic heterocycles. The second-order valence-electron chi connectivity index (χ2n) is 6.32. The molecule has 0 saturated carbocycles. The second kappa shape index (κ2) is 7.74. The lowest BCUT2D eigenvalue weighted by atomic mass is 10.0. The maximum atomic E-state index is 12.6. The van der Waals surface area contributed by atoms with Crippen molar-refractivity contribution in [1.82, 2.24) is 4.98 Å². The number of carbonyl (C=O) groups excluding carboxylic acids is 2. The molecule has 0 radical (unpaired) electrons. The number of nitrogens with one attached hydrogen (secondary N) is 1. The van der Waals surface area contributed by atoms with Gasteiger partial charge in [-0.15, -0.1) is 0 Å². The van der Waals surface area contributed by atoms with E-state index in [0.29, 0.717) is 27.8 Å². The first-order valence-corrected chi connectivity index (χ1v) is 9.59. The van der Waals surface area contributed by atoms with Gasteiger partial charge >= 0.3 is 0 Å². The topological polar surface area (TPSA) is 80.7 Å². The lowest BCUT2D eigenvalue weighted by molar-refractivity contribution is -0.110. The number of Topliss-reactive ketones (excluding diaryl/α,β-unsaturated/α-hetero) is 1. The third kappa shape index (κ3) is 3.70. The average molecular weight is 391 g/mol. The van der Waals surface area contributed by atoms with Crippen molar-refractivity contribution in [3.8, 4) is 11.3 Å². The molecular weight excluding hydrogens is 374 g/mol. The number of benzene rings is 2. The summed E-state index contributed by atoms with van der Waals surface area (Å²) >= 11 is 1.16. The van der Waals surface area contributed by atoms with Crippen LogP contribution in [0.1, 0.15) is 34.7 Å². The number of oxime groups is 1. The van der Waals surface area contributed by atoms with Gasteiger partial charge in [0.1, 0.15) is 5.71 Å². The van der Waals surface area contributed by atoms with Gasteiger partial charge in [0.15, 0.2) is 17.0 Å². The summed E-state index contributed by atoms with van der Waals surface area (Å²) in [5, 5.41) is 7.03. The zero-order valence-electron chi connectivity index (χ0n) is 15.1. The summed E-state index contributed by atoms with van der Waals surface area (Å²) in [5.41, 5.74) is 2.67. The molecule has 0 bridgehead atoms. The fourth-order valence-electron chi connectivity index (χ4n) is 2.93. The van der Waals surface area contributed by atoms with E-state index in [0.717, 1.165) is 22.5 Å². The molecule has 7 heteroatoms. The monoisotopic (exact) mass is 391 g/mol. The smallest absolute Gasteiger partial charge is 0.275 e. The van der Waals surface area contributed by atoms with E-state index in [2.05, 4.69) is 15.5 Å². The van der Waals surface area contributed by atoms with Crippen LogP contribution in [0.3, 0.4) is 0 Å². The third-order valence-corrected chi connectivity index (χ3v) is 5.39. The molecule has 1 unspecified atom stereocenters. The molecule has 28 heavy (non-hydrogen) atoms. The Hall–Kier alpha value is -3.32. The zero-order chi connectivity index (χ0) is 19.5. The summed E-state index contributed by atoms with van der Waals surface area (Å²) in [5.74, 6) is -0.468. The number of nitrogens with zero attached hydrogens (tertiary/aromatic N) is 2. The first kappa shape index (κ1) is 18.1. The summed E-state index contributed by atoms with van der Waals surface area (Å²) in [6, 6.07) is 19.1. The highest BCUT2D eigenvalue weighted by atomic mass is 32.1. The predicted octanol–water partition coefficient (Wildman–Crippen LogP) is 4.47. The van der Waals surface area contributed by atoms with Crippen molar-refractivity contribution in [3.63, 3.8) is 0 Å². The van der Waals surface area contributed by atoms with Crippen molar-refractivity contribution in [2.75, 3.05) is 5.32 Å². The van der Waals surface area contributed by atoms with Crippen LogP contribution in [-0.2, 0) is 9.63 Å². The van der Waals surface area contributed by atoms with Crippen molar-refractivity contribution >= 4 is 33.9 Å². The molecule has 1 amide bonds. The van der Waals surface area contributed by atoms with Gasteiger partial charge in [0.25, 0.3) is 5.91 Å². The SMILES string of the molecule is CC(=O)c1sc(NC(=O)C2=NOC(c3ccccc3)C2)nc1-c1ccccc1. The van der Waals surface area contributed by atoms with E-state index in [1.807, 2.05) is 60.7 Å². The van der Waals surface area contributed by atoms with E-state index >= 15 is 0 Å². The molecule has 0 fully saturated rings. The maximum absolute atomic E-state index is 12.6. The van der Waals surface area contributed by atoms with Gasteiger partial charge in [-0.05, 0) is 5.56 Å². The Morgan fingerprint density at radius 2 is 1.75 bits per heavy atom. The van der Waals surface area contributed by atoms with Crippen LogP contribution in [-0.4, -0.2) is 22.4 Å². The molecule has 3 aromatic rings. The van der Waals surface area contributed by atoms with E-state index in [4.69, 9.17) is 4.84 Å². The van der Waals surface area contributed by atoms with Crippen LogP contribution in [0.25, 0.3) is 11.3 Å². The number of ketones is 1. The lowest BCUT2D eigenvalue weighted by Gasteiger charge is -2.07. The fourth-order valence-corrected chi connectivity index (χ4v) is 3.81. The largest absolute Gasteiger partial charge is 0.387 e. The molecule has 6 nitrogen and oxygen atoms in total. The number of hydrogen-bond donors (Lipinski definition) is 1. The Bertz CT molecular complexity index is 1050. The number of anilines is 1. The van der Waals surface area contributed by atoms with E-state index in [1.54, 1.807) is 0 Å². The zero-order valence-corrected chi connectivity index (χ0v) is 15.9. The molecule has 1 atom stereocenters. The van der Waals surface area contributed by atoms with Gasteiger partial charge in [-0.3, -0.25) is 14.9 Å². The highest BCUT2D eigenvalue weighted by Crippen LogP contribution is 2.32. The Morgan fingerprint density at radius 1 is 1.07 bits per heavy atom. The molecule has 1 N–H and O–H groups in total. The molecule has 2 heterocycles. The molecule has 0 saturated heterocycles. The molecular formula is C21H17N3O3S. The second-order valence-corrected chi connectivity index (χ2v) is 7.32. The van der Waals surface area contributed by atoms with E-state index in [9.17, 15) is 9.59 Å². The number of amides is 1. The molecule has 140 valence electrons. The molecule has 4 rings (SSSR count). The van der Waals surface area contributed by atoms with Crippen molar-refractivity contribution in [3.05, 3.63) is 71.1 Å². The summed E-state index contributed by atoms with van der Waals surface area (Å²) in [4.78, 5) is 35.0. The fraction of sp³-hybridized carbons (Fsp3) is 0.143. The highest BCUT2D eigenvalue weighted by Gasteiger charge is 2.28. The molecule has 0 aliphatic carbocycles. The van der Waals surface area contributed by atoms with Crippen molar-refractivity contribution in [1.29, 1.82) is 0 Å². The summed E-state index contributed by atoms with van der Waals surface area (Å²) in [6.07, 6.45) is 0.109. The lowest BCUT2D eigenvalue weighted by Crippen LogP contribution is -2.21. The van der Waals surface area contributed by atoms with Crippen LogP contribution >= 0.6 is 11.3 Å². The minimum atomic E-state index is -0.373. The van der Waals surface area contributed by atoms with Gasteiger partial charge in [0, 0.05) is 18.9 Å². The number of rotatable bonds is 5. The number of thiazole rings is 1. The summed E-state index contributed by atoms with van der Waals surface area (Å²) in [7, 11) is 0. The van der Waals surface area contributed by atoms with Crippen molar-refractivity contribution in [2.45, 2.75) is 19.4 Å². The summed E-state index contributed by atoms with van der Waals surface area (Å²) < 4.78 is 0. The van der Waals surface area contributed by atoms with E-state index < -0.39 is 0 Å². The quantitative estimate of drug-likeness (QED) is 0.651. The highest BCUT2D eigenvalue weighted by molar-refractivity contribution is 7.18. The van der Waals surface area contributed by atoms with Crippen LogP contribution in [0.2, 0.25) is 0 Å². The number of aromatic nitrogens is 1. The maximum Gasteiger partial charge on any atom is 0.275 e. The third-order valence-electron chi connectivity index (χ3n) is 4.32. The van der Waals surface area contributed by atoms with Crippen LogP contribution in [0, 0.1) is 0 Å². The van der Waals surface area contributed by atoms with Crippen LogP contribution in [0.4, 0.5) is 5.13 Å². The Labute approximate surface area is 165 Å². The number of carbonyl (C=O) groups is 2. The van der Waals surface area contributed by atoms with Gasteiger partial charge in [0.05, 0.1) is 10.6 Å². The first-order valence-electron chi connectivity index (χ1n) is 8.78. The van der Waals surface area contributed by atoms with Crippen molar-refractivity contribution in [2.24, 2.45) is 5.16 Å². The summed E-state index contributed by atoms with van der Waals surface area (Å²) in [6.45, 7) is 1.49. The van der Waals surface area contributed by atoms with Gasteiger partial charge < -0.3 is 4.84 Å². The van der Waals surface area contributed by atoms with Gasteiger partial charge in [-0.1, -0.05) is 77.2 Å². The average Bonchev–Trinajstić information content (AvgIpc) is 3.37. The molecule has 1 aliphatic rings. The standard InChI is InChI=1S/C21H17N3O3S/c1-13(25)19-18(15-10-6-3-7-11-15)22-21(28-19)23-20(26)16-12-17(27-24-16)14-8-4-2-5-9-14/h2-11,17H,12H2,1H3,(H,22,23,26). The Morgan fingerprint density at radius 3 is 2.43 bits per heavy atom. The molecule has 0 spiro atoms. The Kier molecular flexibility index (Phi) is 4.99. The van der Waals surface area contributed by atoms with E-state index in [-0.39, 0.29) is 17.8 Å². The minimum absolute atomic E-state index is 0.0949. The van der Waals surface area contributed by atoms with Crippen LogP contribution in [0.15, 0.2) is 65.8 Å². The Balaban J connectivity index is 1.50. The van der Waals surface area contributed by atoms with Crippen molar-refractivity contribution < 1.29 is 14.4 Å². The molecule has 1 aliphatic heterocycles. The van der Waals surface area contributed by atoms with Crippen LogP contribution < -0.4 is 5.32 Å². The van der Waals surface area contributed by atoms with Gasteiger partial charge in [-0.2, -0.15) is 0 Å². The van der Waals surface area contributed by atoms with Gasteiger partial charge in [-0.25, -0.2) is 4.98 Å². The minimum Gasteiger partial charge on any atom is -0.387 e. The van der Waals surface area contributed by atoms with Gasteiger partial charge in [0.2, 0.25) is 0 Å². The van der Waals surface area contributed by atoms with E-state index in [1.165, 1.54) is 6.92 Å². The van der Waals surface area contributed by atoms with Crippen LogP contribution in [0.5, 0.6) is 0 Å². The first-order chi connectivity index (χ1) is 13.6.